The van der Waals surface area contributed by atoms with E-state index in [0.29, 0.717) is 18.2 Å². The van der Waals surface area contributed by atoms with Gasteiger partial charge in [-0.05, 0) is 54.8 Å². The number of rotatable bonds is 4. The lowest BCUT2D eigenvalue weighted by Gasteiger charge is -2.31. The fourth-order valence-electron chi connectivity index (χ4n) is 2.74. The van der Waals surface area contributed by atoms with Crippen LogP contribution in [0.1, 0.15) is 35.6 Å². The van der Waals surface area contributed by atoms with Crippen LogP contribution in [0.3, 0.4) is 0 Å². The van der Waals surface area contributed by atoms with Crippen molar-refractivity contribution in [2.75, 3.05) is 0 Å². The average Bonchev–Trinajstić information content (AvgIpc) is 2.57. The Morgan fingerprint density at radius 2 is 1.43 bits per heavy atom. The van der Waals surface area contributed by atoms with Gasteiger partial charge in [0.2, 0.25) is 0 Å². The van der Waals surface area contributed by atoms with Gasteiger partial charge in [0.25, 0.3) is 0 Å². The molecule has 0 heterocycles. The van der Waals surface area contributed by atoms with E-state index in [2.05, 4.69) is 0 Å². The van der Waals surface area contributed by atoms with E-state index in [1.54, 1.807) is 6.92 Å². The zero-order valence-corrected chi connectivity index (χ0v) is 14.4. The molecular weight excluding hydrogens is 394 g/mol. The first-order valence-corrected chi connectivity index (χ1v) is 7.94. The minimum Gasteiger partial charge on any atom is -0.317 e. The minimum absolute atomic E-state index is 0.243. The highest BCUT2D eigenvalue weighted by atomic mass is 19.4. The summed E-state index contributed by atoms with van der Waals surface area (Å²) >= 11 is 0. The van der Waals surface area contributed by atoms with Crippen LogP contribution in [0.2, 0.25) is 0 Å². The third kappa shape index (κ3) is 4.52. The van der Waals surface area contributed by atoms with Crippen molar-refractivity contribution in [3.63, 3.8) is 0 Å². The Balaban J connectivity index is 2.75. The van der Waals surface area contributed by atoms with Gasteiger partial charge in [0.1, 0.15) is 11.6 Å². The summed E-state index contributed by atoms with van der Waals surface area (Å²) in [7, 11) is 0. The van der Waals surface area contributed by atoms with Crippen LogP contribution >= 0.6 is 0 Å². The smallest absolute Gasteiger partial charge is 0.317 e. The van der Waals surface area contributed by atoms with Gasteiger partial charge in [-0.15, -0.1) is 0 Å². The third-order valence-corrected chi connectivity index (χ3v) is 4.20. The van der Waals surface area contributed by atoms with Crippen molar-refractivity contribution in [3.8, 4) is 0 Å². The zero-order chi connectivity index (χ0) is 21.3. The topological polar surface area (TPSA) is 26.0 Å². The third-order valence-electron chi connectivity index (χ3n) is 4.20. The second-order valence-electron chi connectivity index (χ2n) is 6.16. The maximum atomic E-state index is 13.8. The van der Waals surface area contributed by atoms with Gasteiger partial charge >= 0.3 is 12.4 Å². The number of hydrogen-bond donors (Lipinski definition) is 1. The van der Waals surface area contributed by atoms with Crippen LogP contribution in [0.4, 0.5) is 35.1 Å². The molecule has 0 aliphatic rings. The molecule has 1 unspecified atom stereocenters. The monoisotopic (exact) mass is 409 g/mol. The molecule has 0 aliphatic carbocycles. The molecule has 0 fully saturated rings. The van der Waals surface area contributed by atoms with Crippen LogP contribution in [0, 0.1) is 11.6 Å². The molecule has 1 nitrogen and oxygen atoms in total. The summed E-state index contributed by atoms with van der Waals surface area (Å²) in [5.74, 6) is -2.81. The van der Waals surface area contributed by atoms with Gasteiger partial charge in [-0.1, -0.05) is 18.2 Å². The van der Waals surface area contributed by atoms with Crippen molar-refractivity contribution in [2.45, 2.75) is 31.2 Å². The molecule has 9 heteroatoms. The predicted molar refractivity (Wildman–Crippen MR) is 87.2 cm³/mol. The Labute approximate surface area is 155 Å². The summed E-state index contributed by atoms with van der Waals surface area (Å²) in [6.07, 6.45) is -7.28. The normalized spacial score (nSPS) is 15.1. The fourth-order valence-corrected chi connectivity index (χ4v) is 2.74. The molecule has 0 bridgehead atoms. The Hall–Kier alpha value is -2.42. The molecule has 2 aromatic carbocycles. The predicted octanol–water partition coefficient (Wildman–Crippen LogP) is 6.17. The first kappa shape index (κ1) is 21.9. The van der Waals surface area contributed by atoms with Gasteiger partial charge in [-0.25, -0.2) is 8.78 Å². The molecule has 2 aromatic rings. The van der Waals surface area contributed by atoms with Crippen LogP contribution in [0.15, 0.2) is 48.6 Å². The molecule has 28 heavy (non-hydrogen) atoms. The number of halogens is 8. The highest BCUT2D eigenvalue weighted by Crippen LogP contribution is 2.39. The van der Waals surface area contributed by atoms with Crippen LogP contribution in [0.25, 0.3) is 0 Å². The molecule has 2 rings (SSSR count). The maximum Gasteiger partial charge on any atom is 0.419 e. The first-order chi connectivity index (χ1) is 12.8. The highest BCUT2D eigenvalue weighted by Gasteiger charge is 2.39. The van der Waals surface area contributed by atoms with Crippen molar-refractivity contribution in [2.24, 2.45) is 5.73 Å². The molecule has 0 spiro atoms. The van der Waals surface area contributed by atoms with Gasteiger partial charge in [0.15, 0.2) is 0 Å². The largest absolute Gasteiger partial charge is 0.419 e. The zero-order valence-electron chi connectivity index (χ0n) is 14.4. The molecule has 1 atom stereocenters. The van der Waals surface area contributed by atoms with Crippen LogP contribution < -0.4 is 5.73 Å². The van der Waals surface area contributed by atoms with Gasteiger partial charge in [0.05, 0.1) is 16.7 Å². The van der Waals surface area contributed by atoms with Crippen molar-refractivity contribution >= 4 is 0 Å². The van der Waals surface area contributed by atoms with Crippen molar-refractivity contribution in [1.82, 2.24) is 0 Å². The van der Waals surface area contributed by atoms with Crippen molar-refractivity contribution in [1.29, 1.82) is 0 Å². The Kier molecular flexibility index (Phi) is 5.89. The van der Waals surface area contributed by atoms with E-state index in [-0.39, 0.29) is 18.1 Å². The Morgan fingerprint density at radius 1 is 0.821 bits per heavy atom. The van der Waals surface area contributed by atoms with E-state index in [0.717, 1.165) is 12.1 Å². The van der Waals surface area contributed by atoms with E-state index in [1.807, 2.05) is 0 Å². The van der Waals surface area contributed by atoms with E-state index in [1.165, 1.54) is 12.2 Å². The molecule has 0 amide bonds. The quantitative estimate of drug-likeness (QED) is 0.474. The van der Waals surface area contributed by atoms with E-state index in [4.69, 9.17) is 5.73 Å². The van der Waals surface area contributed by atoms with Crippen LogP contribution in [-0.2, 0) is 17.9 Å². The number of nitrogens with two attached hydrogens (primary N) is 1. The fraction of sp³-hybridized carbons (Fsp3) is 0.263. The summed E-state index contributed by atoms with van der Waals surface area (Å²) in [6, 6.07) is 3.44. The SMILES string of the molecule is C/C=C/CC(N)(c1cc(F)cc(C(F)(F)F)c1)c1ccc(F)c(C(F)(F)F)c1. The van der Waals surface area contributed by atoms with Gasteiger partial charge < -0.3 is 5.73 Å². The number of allylic oxidation sites excluding steroid dienone is 1. The summed E-state index contributed by atoms with van der Waals surface area (Å²) in [6.45, 7) is 1.57. The van der Waals surface area contributed by atoms with Gasteiger partial charge in [-0.2, -0.15) is 26.3 Å². The second-order valence-corrected chi connectivity index (χ2v) is 6.16. The van der Waals surface area contributed by atoms with E-state index in [9.17, 15) is 35.1 Å². The number of alkyl halides is 6. The molecule has 0 aromatic heterocycles. The summed E-state index contributed by atoms with van der Waals surface area (Å²) < 4.78 is 106. The minimum atomic E-state index is -5.04. The molecule has 0 saturated heterocycles. The average molecular weight is 409 g/mol. The lowest BCUT2D eigenvalue weighted by Crippen LogP contribution is -2.38. The molecule has 152 valence electrons. The number of hydrogen-bond acceptors (Lipinski definition) is 1. The first-order valence-electron chi connectivity index (χ1n) is 7.94. The highest BCUT2D eigenvalue weighted by molar-refractivity contribution is 5.43. The number of benzene rings is 2. The van der Waals surface area contributed by atoms with Crippen molar-refractivity contribution < 1.29 is 35.1 Å². The lowest BCUT2D eigenvalue weighted by atomic mass is 9.79. The molecule has 0 radical (unpaired) electrons. The molecular formula is C19H15F8N. The Bertz CT molecular complexity index is 882. The van der Waals surface area contributed by atoms with Crippen LogP contribution in [0.5, 0.6) is 0 Å². The van der Waals surface area contributed by atoms with E-state index < -0.39 is 46.2 Å². The van der Waals surface area contributed by atoms with Crippen molar-refractivity contribution in [3.05, 3.63) is 82.4 Å². The summed E-state index contributed by atoms with van der Waals surface area (Å²) in [5, 5.41) is 0. The van der Waals surface area contributed by atoms with Crippen LogP contribution in [-0.4, -0.2) is 0 Å². The standard InChI is InChI=1S/C19H15F8N/c1-2-3-6-17(28,11-4-5-16(21)15(10-11)19(25,26)27)12-7-13(18(22,23)24)9-14(20)8-12/h2-5,7-10H,6,28H2,1H3/b3-2+. The maximum absolute atomic E-state index is 13.8. The molecule has 0 aliphatic heterocycles. The molecule has 2 N–H and O–H groups in total. The molecule has 0 saturated carbocycles. The summed E-state index contributed by atoms with van der Waals surface area (Å²) in [5.41, 5.74) is 0.586. The second kappa shape index (κ2) is 7.54. The summed E-state index contributed by atoms with van der Waals surface area (Å²) in [4.78, 5) is 0. The van der Waals surface area contributed by atoms with E-state index >= 15 is 0 Å². The Morgan fingerprint density at radius 3 is 1.96 bits per heavy atom. The van der Waals surface area contributed by atoms with Gasteiger partial charge in [0, 0.05) is 0 Å². The van der Waals surface area contributed by atoms with Gasteiger partial charge in [-0.3, -0.25) is 0 Å². The lowest BCUT2D eigenvalue weighted by molar-refractivity contribution is -0.140.